The van der Waals surface area contributed by atoms with Crippen LogP contribution in [0.4, 0.5) is 0 Å². The molecule has 0 aliphatic carbocycles. The molecule has 2 N–H and O–H groups in total. The highest BCUT2D eigenvalue weighted by Crippen LogP contribution is 2.24. The van der Waals surface area contributed by atoms with Crippen molar-refractivity contribution >= 4 is 6.47 Å². The van der Waals surface area contributed by atoms with Gasteiger partial charge >= 0.3 is 0 Å². The first-order valence-electron chi connectivity index (χ1n) is 2.85. The van der Waals surface area contributed by atoms with E-state index in [1.165, 1.54) is 12.1 Å². The third-order valence-electron chi connectivity index (χ3n) is 1.06. The highest BCUT2D eigenvalue weighted by Gasteiger charge is 1.98. The monoisotopic (exact) mass is 154 g/mol. The Kier molecular flexibility index (Phi) is 1.96. The van der Waals surface area contributed by atoms with Gasteiger partial charge < -0.3 is 14.9 Å². The van der Waals surface area contributed by atoms with Crippen molar-refractivity contribution in [1.29, 1.82) is 0 Å². The molecule has 1 aromatic rings. The average molecular weight is 154 g/mol. The second kappa shape index (κ2) is 2.92. The summed E-state index contributed by atoms with van der Waals surface area (Å²) < 4.78 is 4.37. The van der Waals surface area contributed by atoms with E-state index in [0.29, 0.717) is 0 Å². The maximum atomic E-state index is 9.81. The Morgan fingerprint density at radius 2 is 1.73 bits per heavy atom. The Morgan fingerprint density at radius 3 is 2.18 bits per heavy atom. The Bertz CT molecular complexity index is 249. The van der Waals surface area contributed by atoms with E-state index in [2.05, 4.69) is 4.74 Å². The first kappa shape index (κ1) is 7.40. The summed E-state index contributed by atoms with van der Waals surface area (Å²) in [6.45, 7) is 0.216. The molecule has 4 nitrogen and oxygen atoms in total. The van der Waals surface area contributed by atoms with Gasteiger partial charge in [-0.05, 0) is 0 Å². The van der Waals surface area contributed by atoms with Crippen molar-refractivity contribution in [1.82, 2.24) is 0 Å². The molecule has 0 spiro atoms. The number of hydrogen-bond acceptors (Lipinski definition) is 4. The molecule has 0 aromatic heterocycles. The van der Waals surface area contributed by atoms with Gasteiger partial charge in [0, 0.05) is 18.2 Å². The van der Waals surface area contributed by atoms with E-state index < -0.39 is 0 Å². The van der Waals surface area contributed by atoms with Gasteiger partial charge in [0.25, 0.3) is 6.47 Å². The molecule has 0 fully saturated rings. The molecule has 0 aliphatic heterocycles. The Labute approximate surface area is 62.7 Å². The van der Waals surface area contributed by atoms with Crippen molar-refractivity contribution < 1.29 is 19.7 Å². The first-order chi connectivity index (χ1) is 5.22. The summed E-state index contributed by atoms with van der Waals surface area (Å²) in [7, 11) is 0. The molecule has 0 saturated carbocycles. The highest BCUT2D eigenvalue weighted by atomic mass is 16.5. The molecular formula is C7H6O4. The number of rotatable bonds is 2. The van der Waals surface area contributed by atoms with Gasteiger partial charge in [-0.2, -0.15) is 0 Å². The van der Waals surface area contributed by atoms with Crippen LogP contribution in [0.3, 0.4) is 0 Å². The van der Waals surface area contributed by atoms with E-state index in [9.17, 15) is 4.79 Å². The molecule has 58 valence electrons. The molecule has 4 heteroatoms. The van der Waals surface area contributed by atoms with Crippen LogP contribution in [0, 0.1) is 0 Å². The number of hydrogen-bond donors (Lipinski definition) is 2. The number of benzene rings is 1. The molecule has 0 unspecified atom stereocenters. The Balaban J connectivity index is 2.98. The summed E-state index contributed by atoms with van der Waals surface area (Å²) in [5.74, 6) is -0.193. The Morgan fingerprint density at radius 1 is 1.18 bits per heavy atom. The fourth-order valence-corrected chi connectivity index (χ4v) is 0.692. The molecule has 0 radical (unpaired) electrons. The number of carbonyl (C=O) groups is 1. The molecule has 11 heavy (non-hydrogen) atoms. The van der Waals surface area contributed by atoms with Gasteiger partial charge in [-0.1, -0.05) is 0 Å². The van der Waals surface area contributed by atoms with E-state index in [0.717, 1.165) is 6.07 Å². The molecular weight excluding hydrogens is 148 g/mol. The van der Waals surface area contributed by atoms with Gasteiger partial charge in [0.15, 0.2) is 0 Å². The molecule has 1 rings (SSSR count). The van der Waals surface area contributed by atoms with Crippen molar-refractivity contribution in [3.05, 3.63) is 18.2 Å². The predicted molar refractivity (Wildman–Crippen MR) is 36.5 cm³/mol. The smallest absolute Gasteiger partial charge is 0.298 e. The zero-order chi connectivity index (χ0) is 8.27. The number of carbonyl (C=O) groups excluding carboxylic acids is 1. The Hall–Kier alpha value is -1.71. The van der Waals surface area contributed by atoms with Crippen molar-refractivity contribution in [3.63, 3.8) is 0 Å². The fraction of sp³-hybridized carbons (Fsp3) is 0. The number of ether oxygens (including phenoxy) is 1. The molecule has 0 heterocycles. The summed E-state index contributed by atoms with van der Waals surface area (Å²) in [5, 5.41) is 17.7. The van der Waals surface area contributed by atoms with E-state index in [1.54, 1.807) is 0 Å². The van der Waals surface area contributed by atoms with E-state index in [-0.39, 0.29) is 23.7 Å². The largest absolute Gasteiger partial charge is 0.508 e. The standard InChI is InChI=1S/C7H6O4/c8-4-11-7-2-5(9)1-6(10)3-7/h1-4,9-10H. The number of phenols is 2. The van der Waals surface area contributed by atoms with Crippen molar-refractivity contribution in [3.8, 4) is 17.2 Å². The van der Waals surface area contributed by atoms with Gasteiger partial charge in [0.2, 0.25) is 0 Å². The lowest BCUT2D eigenvalue weighted by atomic mass is 10.3. The van der Waals surface area contributed by atoms with Gasteiger partial charge in [0.05, 0.1) is 0 Å². The van der Waals surface area contributed by atoms with Crippen LogP contribution in [0.2, 0.25) is 0 Å². The fourth-order valence-electron chi connectivity index (χ4n) is 0.692. The third-order valence-corrected chi connectivity index (χ3v) is 1.06. The maximum Gasteiger partial charge on any atom is 0.298 e. The molecule has 0 aliphatic rings. The van der Waals surface area contributed by atoms with Gasteiger partial charge in [0.1, 0.15) is 17.2 Å². The minimum Gasteiger partial charge on any atom is -0.508 e. The van der Waals surface area contributed by atoms with Crippen LogP contribution in [-0.2, 0) is 4.79 Å². The lowest BCUT2D eigenvalue weighted by Crippen LogP contribution is -1.87. The summed E-state index contributed by atoms with van der Waals surface area (Å²) in [4.78, 5) is 9.81. The van der Waals surface area contributed by atoms with Crippen LogP contribution in [0.1, 0.15) is 0 Å². The predicted octanol–water partition coefficient (Wildman–Crippen LogP) is 0.633. The summed E-state index contributed by atoms with van der Waals surface area (Å²) in [5.41, 5.74) is 0. The van der Waals surface area contributed by atoms with Crippen LogP contribution in [-0.4, -0.2) is 16.7 Å². The summed E-state index contributed by atoms with van der Waals surface area (Å²) >= 11 is 0. The topological polar surface area (TPSA) is 66.8 Å². The summed E-state index contributed by atoms with van der Waals surface area (Å²) in [6, 6.07) is 3.57. The molecule has 0 amide bonds. The van der Waals surface area contributed by atoms with Crippen molar-refractivity contribution in [2.75, 3.05) is 0 Å². The lowest BCUT2D eigenvalue weighted by molar-refractivity contribution is -0.120. The van der Waals surface area contributed by atoms with E-state index in [4.69, 9.17) is 10.2 Å². The van der Waals surface area contributed by atoms with Gasteiger partial charge in [-0.25, -0.2) is 0 Å². The molecule has 1 aromatic carbocycles. The second-order valence-electron chi connectivity index (χ2n) is 1.90. The normalized spacial score (nSPS) is 9.09. The summed E-state index contributed by atoms with van der Waals surface area (Å²) in [6.07, 6.45) is 0. The van der Waals surface area contributed by atoms with E-state index in [1.807, 2.05) is 0 Å². The molecule has 0 bridgehead atoms. The van der Waals surface area contributed by atoms with Crippen LogP contribution >= 0.6 is 0 Å². The maximum absolute atomic E-state index is 9.81. The zero-order valence-corrected chi connectivity index (χ0v) is 5.52. The average Bonchev–Trinajstić information content (AvgIpc) is 1.85. The van der Waals surface area contributed by atoms with Crippen LogP contribution < -0.4 is 4.74 Å². The first-order valence-corrected chi connectivity index (χ1v) is 2.85. The van der Waals surface area contributed by atoms with Gasteiger partial charge in [-0.3, -0.25) is 4.79 Å². The minimum absolute atomic E-state index is 0.109. The molecule has 0 saturated heterocycles. The SMILES string of the molecule is O=COc1cc(O)cc(O)c1. The van der Waals surface area contributed by atoms with Crippen LogP contribution in [0.15, 0.2) is 18.2 Å². The van der Waals surface area contributed by atoms with Crippen molar-refractivity contribution in [2.45, 2.75) is 0 Å². The third kappa shape index (κ3) is 1.86. The van der Waals surface area contributed by atoms with Crippen LogP contribution in [0.25, 0.3) is 0 Å². The highest BCUT2D eigenvalue weighted by molar-refractivity contribution is 5.49. The van der Waals surface area contributed by atoms with Crippen molar-refractivity contribution in [2.24, 2.45) is 0 Å². The zero-order valence-electron chi connectivity index (χ0n) is 5.52. The quantitative estimate of drug-likeness (QED) is 0.613. The van der Waals surface area contributed by atoms with Gasteiger partial charge in [-0.15, -0.1) is 0 Å². The minimum atomic E-state index is -0.151. The number of phenolic OH excluding ortho intramolecular Hbond substituents is 2. The number of aromatic hydroxyl groups is 2. The second-order valence-corrected chi connectivity index (χ2v) is 1.90. The van der Waals surface area contributed by atoms with Crippen LogP contribution in [0.5, 0.6) is 17.2 Å². The van der Waals surface area contributed by atoms with E-state index >= 15 is 0 Å². The lowest BCUT2D eigenvalue weighted by Gasteiger charge is -1.98. The molecule has 0 atom stereocenters.